The number of anilines is 1. The van der Waals surface area contributed by atoms with Crippen molar-refractivity contribution < 1.29 is 0 Å². The molecule has 2 unspecified atom stereocenters. The van der Waals surface area contributed by atoms with Gasteiger partial charge in [0.05, 0.1) is 0 Å². The van der Waals surface area contributed by atoms with Crippen molar-refractivity contribution in [2.75, 3.05) is 25.0 Å². The highest BCUT2D eigenvalue weighted by Gasteiger charge is 2.23. The van der Waals surface area contributed by atoms with Crippen LogP contribution < -0.4 is 10.2 Å². The lowest BCUT2D eigenvalue weighted by atomic mass is 10.0. The average Bonchev–Trinajstić information content (AvgIpc) is 2.66. The normalized spacial score (nSPS) is 25.5. The lowest BCUT2D eigenvalue weighted by molar-refractivity contribution is 0.483. The van der Waals surface area contributed by atoms with Crippen LogP contribution in [0.2, 0.25) is 0 Å². The SMILES string of the molecule is CC1CCNC1CN(C)c1ccccc1. The molecular formula is C13H20N2. The summed E-state index contributed by atoms with van der Waals surface area (Å²) in [6, 6.07) is 11.2. The molecule has 0 spiro atoms. The van der Waals surface area contributed by atoms with E-state index in [1.807, 2.05) is 0 Å². The molecule has 1 aliphatic heterocycles. The highest BCUT2D eigenvalue weighted by atomic mass is 15.1. The first-order valence-electron chi connectivity index (χ1n) is 5.77. The molecule has 2 atom stereocenters. The summed E-state index contributed by atoms with van der Waals surface area (Å²) in [6.45, 7) is 4.61. The van der Waals surface area contributed by atoms with Crippen molar-refractivity contribution in [1.29, 1.82) is 0 Å². The Morgan fingerprint density at radius 3 is 2.67 bits per heavy atom. The molecule has 1 aliphatic rings. The third kappa shape index (κ3) is 2.51. The van der Waals surface area contributed by atoms with Gasteiger partial charge in [-0.1, -0.05) is 25.1 Å². The lowest BCUT2D eigenvalue weighted by Crippen LogP contribution is -2.38. The van der Waals surface area contributed by atoms with E-state index in [2.05, 4.69) is 54.5 Å². The minimum Gasteiger partial charge on any atom is -0.373 e. The molecule has 1 heterocycles. The van der Waals surface area contributed by atoms with Crippen LogP contribution in [0, 0.1) is 5.92 Å². The molecule has 2 rings (SSSR count). The van der Waals surface area contributed by atoms with Gasteiger partial charge in [0.1, 0.15) is 0 Å². The number of likely N-dealkylation sites (N-methyl/N-ethyl adjacent to an activating group) is 1. The van der Waals surface area contributed by atoms with E-state index in [0.29, 0.717) is 6.04 Å². The van der Waals surface area contributed by atoms with Crippen LogP contribution in [0.4, 0.5) is 5.69 Å². The Kier molecular flexibility index (Phi) is 3.27. The molecule has 0 radical (unpaired) electrons. The van der Waals surface area contributed by atoms with E-state index in [9.17, 15) is 0 Å². The molecule has 1 saturated heterocycles. The molecule has 1 aromatic rings. The zero-order chi connectivity index (χ0) is 10.7. The number of hydrogen-bond donors (Lipinski definition) is 1. The zero-order valence-electron chi connectivity index (χ0n) is 9.61. The number of hydrogen-bond acceptors (Lipinski definition) is 2. The van der Waals surface area contributed by atoms with Gasteiger partial charge < -0.3 is 10.2 Å². The van der Waals surface area contributed by atoms with Gasteiger partial charge in [-0.2, -0.15) is 0 Å². The Hall–Kier alpha value is -1.02. The van der Waals surface area contributed by atoms with Gasteiger partial charge in [-0.3, -0.25) is 0 Å². The van der Waals surface area contributed by atoms with E-state index in [0.717, 1.165) is 12.5 Å². The van der Waals surface area contributed by atoms with E-state index < -0.39 is 0 Å². The third-order valence-electron chi connectivity index (χ3n) is 3.36. The lowest BCUT2D eigenvalue weighted by Gasteiger charge is -2.25. The van der Waals surface area contributed by atoms with Crippen LogP contribution in [0.25, 0.3) is 0 Å². The van der Waals surface area contributed by atoms with Crippen LogP contribution >= 0.6 is 0 Å². The van der Waals surface area contributed by atoms with Crippen molar-refractivity contribution in [1.82, 2.24) is 5.32 Å². The maximum atomic E-state index is 3.57. The summed E-state index contributed by atoms with van der Waals surface area (Å²) in [7, 11) is 2.17. The van der Waals surface area contributed by atoms with Gasteiger partial charge in [0, 0.05) is 25.3 Å². The van der Waals surface area contributed by atoms with Crippen LogP contribution in [0.3, 0.4) is 0 Å². The van der Waals surface area contributed by atoms with Gasteiger partial charge in [0.25, 0.3) is 0 Å². The number of para-hydroxylation sites is 1. The van der Waals surface area contributed by atoms with Crippen molar-refractivity contribution in [3.05, 3.63) is 30.3 Å². The highest BCUT2D eigenvalue weighted by molar-refractivity contribution is 5.45. The highest BCUT2D eigenvalue weighted by Crippen LogP contribution is 2.18. The molecular weight excluding hydrogens is 184 g/mol. The number of nitrogens with zero attached hydrogens (tertiary/aromatic N) is 1. The summed E-state index contributed by atoms with van der Waals surface area (Å²) < 4.78 is 0. The minimum absolute atomic E-state index is 0.648. The monoisotopic (exact) mass is 204 g/mol. The largest absolute Gasteiger partial charge is 0.373 e. The average molecular weight is 204 g/mol. The van der Waals surface area contributed by atoms with Crippen molar-refractivity contribution in [3.63, 3.8) is 0 Å². The molecule has 1 aromatic carbocycles. The fraction of sp³-hybridized carbons (Fsp3) is 0.538. The molecule has 0 saturated carbocycles. The second kappa shape index (κ2) is 4.67. The fourth-order valence-corrected chi connectivity index (χ4v) is 2.23. The van der Waals surface area contributed by atoms with Gasteiger partial charge in [-0.15, -0.1) is 0 Å². The predicted molar refractivity (Wildman–Crippen MR) is 65.3 cm³/mol. The minimum atomic E-state index is 0.648. The molecule has 2 heteroatoms. The van der Waals surface area contributed by atoms with E-state index in [4.69, 9.17) is 0 Å². The molecule has 1 fully saturated rings. The van der Waals surface area contributed by atoms with Gasteiger partial charge in [0.2, 0.25) is 0 Å². The number of rotatable bonds is 3. The second-order valence-corrected chi connectivity index (χ2v) is 4.54. The Balaban J connectivity index is 1.95. The van der Waals surface area contributed by atoms with Crippen molar-refractivity contribution in [3.8, 4) is 0 Å². The van der Waals surface area contributed by atoms with E-state index >= 15 is 0 Å². The maximum Gasteiger partial charge on any atom is 0.0364 e. The van der Waals surface area contributed by atoms with Crippen LogP contribution in [0.1, 0.15) is 13.3 Å². The van der Waals surface area contributed by atoms with Crippen LogP contribution in [-0.4, -0.2) is 26.2 Å². The molecule has 0 amide bonds. The molecule has 15 heavy (non-hydrogen) atoms. The molecule has 2 nitrogen and oxygen atoms in total. The van der Waals surface area contributed by atoms with Crippen LogP contribution in [0.15, 0.2) is 30.3 Å². The summed E-state index contributed by atoms with van der Waals surface area (Å²) in [6.07, 6.45) is 1.31. The second-order valence-electron chi connectivity index (χ2n) is 4.54. The van der Waals surface area contributed by atoms with Crippen molar-refractivity contribution >= 4 is 5.69 Å². The summed E-state index contributed by atoms with van der Waals surface area (Å²) in [4.78, 5) is 2.33. The van der Waals surface area contributed by atoms with Gasteiger partial charge >= 0.3 is 0 Å². The quantitative estimate of drug-likeness (QED) is 0.811. The number of nitrogens with one attached hydrogen (secondary N) is 1. The molecule has 0 aliphatic carbocycles. The summed E-state index contributed by atoms with van der Waals surface area (Å²) >= 11 is 0. The molecule has 0 aromatic heterocycles. The van der Waals surface area contributed by atoms with Crippen molar-refractivity contribution in [2.24, 2.45) is 5.92 Å². The Labute approximate surface area is 92.3 Å². The topological polar surface area (TPSA) is 15.3 Å². The summed E-state index contributed by atoms with van der Waals surface area (Å²) in [5.74, 6) is 0.802. The molecule has 0 bridgehead atoms. The van der Waals surface area contributed by atoms with Crippen LogP contribution in [-0.2, 0) is 0 Å². The molecule has 1 N–H and O–H groups in total. The fourth-order valence-electron chi connectivity index (χ4n) is 2.23. The zero-order valence-corrected chi connectivity index (χ0v) is 9.61. The maximum absolute atomic E-state index is 3.57. The first-order valence-corrected chi connectivity index (χ1v) is 5.77. The standard InChI is InChI=1S/C13H20N2/c1-11-8-9-14-13(11)10-15(2)12-6-4-3-5-7-12/h3-7,11,13-14H,8-10H2,1-2H3. The summed E-state index contributed by atoms with van der Waals surface area (Å²) in [5, 5.41) is 3.57. The smallest absolute Gasteiger partial charge is 0.0364 e. The van der Waals surface area contributed by atoms with Gasteiger partial charge in [-0.05, 0) is 31.0 Å². The number of benzene rings is 1. The molecule has 82 valence electrons. The summed E-state index contributed by atoms with van der Waals surface area (Å²) in [5.41, 5.74) is 1.30. The van der Waals surface area contributed by atoms with Crippen LogP contribution in [0.5, 0.6) is 0 Å². The van der Waals surface area contributed by atoms with E-state index in [-0.39, 0.29) is 0 Å². The third-order valence-corrected chi connectivity index (χ3v) is 3.36. The van der Waals surface area contributed by atoms with Gasteiger partial charge in [0.15, 0.2) is 0 Å². The Bertz CT molecular complexity index is 297. The Morgan fingerprint density at radius 2 is 2.07 bits per heavy atom. The Morgan fingerprint density at radius 1 is 1.33 bits per heavy atom. The van der Waals surface area contributed by atoms with E-state index in [1.165, 1.54) is 18.7 Å². The first kappa shape index (κ1) is 10.5. The predicted octanol–water partition coefficient (Wildman–Crippen LogP) is 2.12. The van der Waals surface area contributed by atoms with Crippen molar-refractivity contribution in [2.45, 2.75) is 19.4 Å². The van der Waals surface area contributed by atoms with Gasteiger partial charge in [-0.25, -0.2) is 0 Å². The first-order chi connectivity index (χ1) is 7.27. The van der Waals surface area contributed by atoms with E-state index in [1.54, 1.807) is 0 Å².